The summed E-state index contributed by atoms with van der Waals surface area (Å²) < 4.78 is 0. The number of nitrogens with one attached hydrogen (secondary N) is 1. The van der Waals surface area contributed by atoms with Crippen LogP contribution in [-0.2, 0) is 0 Å². The Morgan fingerprint density at radius 1 is 1.31 bits per heavy atom. The molecule has 0 radical (unpaired) electrons. The van der Waals surface area contributed by atoms with Gasteiger partial charge in [-0.05, 0) is 38.0 Å². The van der Waals surface area contributed by atoms with Gasteiger partial charge in [0.15, 0.2) is 0 Å². The maximum Gasteiger partial charge on any atom is 0.0576 e. The molecule has 2 heteroatoms. The van der Waals surface area contributed by atoms with E-state index in [1.807, 2.05) is 6.07 Å². The summed E-state index contributed by atoms with van der Waals surface area (Å²) in [4.78, 5) is 0. The molecule has 1 aromatic rings. The van der Waals surface area contributed by atoms with Crippen LogP contribution in [0.25, 0.3) is 0 Å². The molecule has 0 aliphatic rings. The van der Waals surface area contributed by atoms with Gasteiger partial charge in [-0.1, -0.05) is 32.3 Å². The van der Waals surface area contributed by atoms with Crippen molar-refractivity contribution in [2.45, 2.75) is 52.5 Å². The Bertz CT molecular complexity index is 321. The van der Waals surface area contributed by atoms with Gasteiger partial charge in [0.1, 0.15) is 0 Å². The lowest BCUT2D eigenvalue weighted by Crippen LogP contribution is -2.15. The molecule has 0 heterocycles. The number of hydrogen-bond donors (Lipinski definition) is 2. The van der Waals surface area contributed by atoms with E-state index in [1.165, 1.54) is 31.2 Å². The van der Waals surface area contributed by atoms with Crippen LogP contribution in [0.2, 0.25) is 0 Å². The smallest absolute Gasteiger partial charge is 0.0576 e. The molecule has 1 atom stereocenters. The zero-order valence-electron chi connectivity index (χ0n) is 10.7. The fraction of sp³-hybridized carbons (Fsp3) is 0.571. The minimum Gasteiger partial charge on any atom is -0.397 e. The highest BCUT2D eigenvalue weighted by molar-refractivity contribution is 5.67. The van der Waals surface area contributed by atoms with E-state index in [-0.39, 0.29) is 0 Å². The van der Waals surface area contributed by atoms with E-state index in [9.17, 15) is 0 Å². The lowest BCUT2D eigenvalue weighted by Gasteiger charge is -2.16. The van der Waals surface area contributed by atoms with Crippen molar-refractivity contribution in [1.82, 2.24) is 0 Å². The first-order valence-electron chi connectivity index (χ1n) is 6.26. The molecule has 0 amide bonds. The molecule has 1 unspecified atom stereocenters. The predicted molar refractivity (Wildman–Crippen MR) is 72.8 cm³/mol. The van der Waals surface area contributed by atoms with Gasteiger partial charge >= 0.3 is 0 Å². The molecule has 90 valence electrons. The van der Waals surface area contributed by atoms with Crippen molar-refractivity contribution in [2.24, 2.45) is 0 Å². The van der Waals surface area contributed by atoms with Gasteiger partial charge in [0.2, 0.25) is 0 Å². The maximum absolute atomic E-state index is 5.96. The van der Waals surface area contributed by atoms with Crippen molar-refractivity contribution in [3.8, 4) is 0 Å². The summed E-state index contributed by atoms with van der Waals surface area (Å²) in [5, 5.41) is 3.47. The Balaban J connectivity index is 2.46. The van der Waals surface area contributed by atoms with Crippen LogP contribution < -0.4 is 11.1 Å². The van der Waals surface area contributed by atoms with Crippen LogP contribution in [0.3, 0.4) is 0 Å². The van der Waals surface area contributed by atoms with Crippen LogP contribution in [0.5, 0.6) is 0 Å². The second-order valence-corrected chi connectivity index (χ2v) is 4.63. The number of aryl methyl sites for hydroxylation is 1. The Morgan fingerprint density at radius 3 is 2.69 bits per heavy atom. The first-order chi connectivity index (χ1) is 7.63. The van der Waals surface area contributed by atoms with Crippen LogP contribution in [0.4, 0.5) is 11.4 Å². The minimum absolute atomic E-state index is 0.497. The number of rotatable bonds is 6. The fourth-order valence-corrected chi connectivity index (χ4v) is 1.85. The third kappa shape index (κ3) is 4.13. The molecule has 0 aliphatic heterocycles. The SMILES string of the molecule is CCCCCC(C)Nc1ccc(C)cc1N. The summed E-state index contributed by atoms with van der Waals surface area (Å²) in [6, 6.07) is 6.68. The number of anilines is 2. The molecule has 0 fully saturated rings. The van der Waals surface area contributed by atoms with Gasteiger partial charge in [0.25, 0.3) is 0 Å². The van der Waals surface area contributed by atoms with E-state index in [0.29, 0.717) is 6.04 Å². The molecule has 0 spiro atoms. The highest BCUT2D eigenvalue weighted by Gasteiger charge is 2.04. The van der Waals surface area contributed by atoms with Gasteiger partial charge in [-0.25, -0.2) is 0 Å². The van der Waals surface area contributed by atoms with Crippen molar-refractivity contribution in [3.63, 3.8) is 0 Å². The summed E-state index contributed by atoms with van der Waals surface area (Å²) >= 11 is 0. The van der Waals surface area contributed by atoms with Crippen molar-refractivity contribution in [2.75, 3.05) is 11.1 Å². The Hall–Kier alpha value is -1.18. The molecule has 2 nitrogen and oxygen atoms in total. The molecular weight excluding hydrogens is 196 g/mol. The third-order valence-electron chi connectivity index (χ3n) is 2.85. The first-order valence-corrected chi connectivity index (χ1v) is 6.26. The van der Waals surface area contributed by atoms with E-state index in [1.54, 1.807) is 0 Å². The summed E-state index contributed by atoms with van der Waals surface area (Å²) in [7, 11) is 0. The highest BCUT2D eigenvalue weighted by Crippen LogP contribution is 2.21. The Labute approximate surface area is 99.2 Å². The lowest BCUT2D eigenvalue weighted by atomic mass is 10.1. The van der Waals surface area contributed by atoms with E-state index >= 15 is 0 Å². The maximum atomic E-state index is 5.96. The molecule has 16 heavy (non-hydrogen) atoms. The van der Waals surface area contributed by atoms with Crippen LogP contribution >= 0.6 is 0 Å². The lowest BCUT2D eigenvalue weighted by molar-refractivity contribution is 0.615. The highest BCUT2D eigenvalue weighted by atomic mass is 14.9. The standard InChI is InChI=1S/C14H24N2/c1-4-5-6-7-12(3)16-14-9-8-11(2)10-13(14)15/h8-10,12,16H,4-7,15H2,1-3H3. The van der Waals surface area contributed by atoms with E-state index in [4.69, 9.17) is 5.73 Å². The number of benzene rings is 1. The zero-order valence-corrected chi connectivity index (χ0v) is 10.7. The van der Waals surface area contributed by atoms with Crippen molar-refractivity contribution >= 4 is 11.4 Å². The van der Waals surface area contributed by atoms with Crippen molar-refractivity contribution < 1.29 is 0 Å². The molecule has 0 saturated heterocycles. The Kier molecular flexibility index (Phi) is 5.17. The average molecular weight is 220 g/mol. The second kappa shape index (κ2) is 6.41. The van der Waals surface area contributed by atoms with Crippen LogP contribution in [-0.4, -0.2) is 6.04 Å². The van der Waals surface area contributed by atoms with E-state index < -0.39 is 0 Å². The van der Waals surface area contributed by atoms with Crippen LogP contribution in [0, 0.1) is 6.92 Å². The normalized spacial score (nSPS) is 12.4. The molecular formula is C14H24N2. The van der Waals surface area contributed by atoms with Crippen LogP contribution in [0.15, 0.2) is 18.2 Å². The van der Waals surface area contributed by atoms with E-state index in [2.05, 4.69) is 38.2 Å². The van der Waals surface area contributed by atoms with Gasteiger partial charge in [-0.2, -0.15) is 0 Å². The van der Waals surface area contributed by atoms with Gasteiger partial charge in [0.05, 0.1) is 11.4 Å². The minimum atomic E-state index is 0.497. The molecule has 3 N–H and O–H groups in total. The van der Waals surface area contributed by atoms with Gasteiger partial charge in [-0.15, -0.1) is 0 Å². The van der Waals surface area contributed by atoms with Gasteiger partial charge < -0.3 is 11.1 Å². The molecule has 1 rings (SSSR count). The van der Waals surface area contributed by atoms with Crippen molar-refractivity contribution in [1.29, 1.82) is 0 Å². The monoisotopic (exact) mass is 220 g/mol. The number of unbranched alkanes of at least 4 members (excludes halogenated alkanes) is 2. The largest absolute Gasteiger partial charge is 0.397 e. The van der Waals surface area contributed by atoms with Crippen molar-refractivity contribution in [3.05, 3.63) is 23.8 Å². The number of nitrogen functional groups attached to an aromatic ring is 1. The summed E-state index contributed by atoms with van der Waals surface area (Å²) in [5.41, 5.74) is 9.09. The Morgan fingerprint density at radius 2 is 2.06 bits per heavy atom. The van der Waals surface area contributed by atoms with Gasteiger partial charge in [0, 0.05) is 6.04 Å². The average Bonchev–Trinajstić information content (AvgIpc) is 2.23. The molecule has 0 saturated carbocycles. The molecule has 1 aromatic carbocycles. The third-order valence-corrected chi connectivity index (χ3v) is 2.85. The number of nitrogens with two attached hydrogens (primary N) is 1. The molecule has 0 bridgehead atoms. The van der Waals surface area contributed by atoms with E-state index in [0.717, 1.165) is 11.4 Å². The van der Waals surface area contributed by atoms with Crippen LogP contribution in [0.1, 0.15) is 45.1 Å². The second-order valence-electron chi connectivity index (χ2n) is 4.63. The summed E-state index contributed by atoms with van der Waals surface area (Å²) in [6.07, 6.45) is 5.09. The zero-order chi connectivity index (χ0) is 12.0. The first kappa shape index (κ1) is 12.9. The fourth-order valence-electron chi connectivity index (χ4n) is 1.85. The van der Waals surface area contributed by atoms with Gasteiger partial charge in [-0.3, -0.25) is 0 Å². The molecule has 0 aliphatic carbocycles. The predicted octanol–water partition coefficient (Wildman–Crippen LogP) is 3.96. The quantitative estimate of drug-likeness (QED) is 0.562. The molecule has 0 aromatic heterocycles. The summed E-state index contributed by atoms with van der Waals surface area (Å²) in [5.74, 6) is 0. The number of hydrogen-bond acceptors (Lipinski definition) is 2. The topological polar surface area (TPSA) is 38.0 Å². The summed E-state index contributed by atoms with van der Waals surface area (Å²) in [6.45, 7) is 6.51.